The smallest absolute Gasteiger partial charge is 0.223 e. The molecule has 0 fully saturated rings. The Bertz CT molecular complexity index is 455. The molecule has 2 rings (SSSR count). The molecule has 2 heterocycles. The van der Waals surface area contributed by atoms with Crippen molar-refractivity contribution in [2.75, 3.05) is 5.73 Å². The number of hydrogen-bond acceptors (Lipinski definition) is 5. The van der Waals surface area contributed by atoms with E-state index in [2.05, 4.69) is 19.9 Å². The fraction of sp³-hybridized carbons (Fsp3) is 0.200. The lowest BCUT2D eigenvalue weighted by atomic mass is 10.3. The van der Waals surface area contributed by atoms with Crippen LogP contribution in [0.5, 0.6) is 0 Å². The van der Waals surface area contributed by atoms with Gasteiger partial charge in [-0.1, -0.05) is 6.92 Å². The predicted octanol–water partition coefficient (Wildman–Crippen LogP) is 1.08. The lowest BCUT2D eigenvalue weighted by molar-refractivity contribution is 0.912. The van der Waals surface area contributed by atoms with E-state index in [4.69, 9.17) is 5.73 Å². The predicted molar refractivity (Wildman–Crippen MR) is 56.8 cm³/mol. The van der Waals surface area contributed by atoms with Crippen molar-refractivity contribution in [3.63, 3.8) is 0 Å². The highest BCUT2D eigenvalue weighted by atomic mass is 15.1. The van der Waals surface area contributed by atoms with Gasteiger partial charge in [0.1, 0.15) is 5.82 Å². The van der Waals surface area contributed by atoms with Gasteiger partial charge in [-0.3, -0.25) is 4.98 Å². The van der Waals surface area contributed by atoms with Gasteiger partial charge < -0.3 is 5.73 Å². The maximum atomic E-state index is 5.59. The molecule has 0 aliphatic rings. The summed E-state index contributed by atoms with van der Waals surface area (Å²) in [5.41, 5.74) is 6.44. The third kappa shape index (κ3) is 2.07. The zero-order valence-corrected chi connectivity index (χ0v) is 8.38. The molecule has 76 valence electrons. The average molecular weight is 201 g/mol. The van der Waals surface area contributed by atoms with E-state index in [-0.39, 0.29) is 5.95 Å². The van der Waals surface area contributed by atoms with E-state index in [1.807, 2.05) is 19.1 Å². The molecule has 2 aromatic rings. The summed E-state index contributed by atoms with van der Waals surface area (Å²) < 4.78 is 0. The highest BCUT2D eigenvalue weighted by Gasteiger charge is 2.04. The number of pyridine rings is 1. The Labute approximate surface area is 87.4 Å². The second kappa shape index (κ2) is 4.00. The Hall–Kier alpha value is -2.04. The summed E-state index contributed by atoms with van der Waals surface area (Å²) in [4.78, 5) is 16.4. The minimum Gasteiger partial charge on any atom is -0.368 e. The maximum absolute atomic E-state index is 5.59. The summed E-state index contributed by atoms with van der Waals surface area (Å²) >= 11 is 0. The number of nitrogens with two attached hydrogens (primary N) is 1. The molecule has 0 bridgehead atoms. The van der Waals surface area contributed by atoms with Gasteiger partial charge in [0.05, 0.1) is 0 Å². The van der Waals surface area contributed by atoms with Crippen molar-refractivity contribution in [2.24, 2.45) is 0 Å². The molecule has 0 atom stereocenters. The lowest BCUT2D eigenvalue weighted by Gasteiger charge is -2.02. The number of nitrogens with zero attached hydrogens (tertiary/aromatic N) is 4. The van der Waals surface area contributed by atoms with Crippen LogP contribution in [0, 0.1) is 0 Å². The fourth-order valence-electron chi connectivity index (χ4n) is 1.22. The number of hydrogen-bond donors (Lipinski definition) is 1. The van der Waals surface area contributed by atoms with E-state index in [0.717, 1.165) is 12.0 Å². The van der Waals surface area contributed by atoms with Gasteiger partial charge in [0.25, 0.3) is 0 Å². The van der Waals surface area contributed by atoms with Crippen molar-refractivity contribution < 1.29 is 0 Å². The van der Waals surface area contributed by atoms with E-state index in [9.17, 15) is 0 Å². The summed E-state index contributed by atoms with van der Waals surface area (Å²) in [7, 11) is 0. The molecule has 0 saturated heterocycles. The Balaban J connectivity index is 2.49. The van der Waals surface area contributed by atoms with Crippen LogP contribution in [0.25, 0.3) is 11.4 Å². The van der Waals surface area contributed by atoms with Crippen molar-refractivity contribution in [3.8, 4) is 11.4 Å². The molecule has 15 heavy (non-hydrogen) atoms. The Morgan fingerprint density at radius 3 is 2.80 bits per heavy atom. The number of nitrogen functional groups attached to an aromatic ring is 1. The number of anilines is 1. The van der Waals surface area contributed by atoms with Crippen molar-refractivity contribution in [3.05, 3.63) is 30.4 Å². The molecule has 0 aliphatic heterocycles. The van der Waals surface area contributed by atoms with Gasteiger partial charge in [0.2, 0.25) is 5.95 Å². The SMILES string of the molecule is CCc1nc(N)nc(-c2cccnc2)n1. The molecule has 0 radical (unpaired) electrons. The van der Waals surface area contributed by atoms with Crippen molar-refractivity contribution in [1.82, 2.24) is 19.9 Å². The molecule has 5 nitrogen and oxygen atoms in total. The van der Waals surface area contributed by atoms with Crippen LogP contribution < -0.4 is 5.73 Å². The zero-order valence-electron chi connectivity index (χ0n) is 8.38. The number of aromatic nitrogens is 4. The van der Waals surface area contributed by atoms with Crippen LogP contribution >= 0.6 is 0 Å². The van der Waals surface area contributed by atoms with Crippen LogP contribution in [0.2, 0.25) is 0 Å². The fourth-order valence-corrected chi connectivity index (χ4v) is 1.22. The first-order valence-corrected chi connectivity index (χ1v) is 4.70. The Morgan fingerprint density at radius 2 is 2.13 bits per heavy atom. The largest absolute Gasteiger partial charge is 0.368 e. The van der Waals surface area contributed by atoms with Gasteiger partial charge in [-0.2, -0.15) is 9.97 Å². The summed E-state index contributed by atoms with van der Waals surface area (Å²) in [6, 6.07) is 3.72. The molecule has 0 saturated carbocycles. The van der Waals surface area contributed by atoms with Gasteiger partial charge in [-0.05, 0) is 12.1 Å². The summed E-state index contributed by atoms with van der Waals surface area (Å²) in [5, 5.41) is 0. The molecule has 0 amide bonds. The van der Waals surface area contributed by atoms with Gasteiger partial charge >= 0.3 is 0 Å². The van der Waals surface area contributed by atoms with E-state index >= 15 is 0 Å². The van der Waals surface area contributed by atoms with Gasteiger partial charge in [0.15, 0.2) is 5.82 Å². The van der Waals surface area contributed by atoms with Gasteiger partial charge in [-0.25, -0.2) is 4.98 Å². The van der Waals surface area contributed by atoms with E-state index < -0.39 is 0 Å². The first-order valence-electron chi connectivity index (χ1n) is 4.70. The molecule has 2 aromatic heterocycles. The molecule has 0 spiro atoms. The van der Waals surface area contributed by atoms with Crippen LogP contribution in [0.3, 0.4) is 0 Å². The van der Waals surface area contributed by atoms with Crippen LogP contribution in [0.15, 0.2) is 24.5 Å². The van der Waals surface area contributed by atoms with Crippen LogP contribution in [0.4, 0.5) is 5.95 Å². The van der Waals surface area contributed by atoms with Gasteiger partial charge in [0, 0.05) is 24.4 Å². The van der Waals surface area contributed by atoms with Crippen molar-refractivity contribution in [1.29, 1.82) is 0 Å². The second-order valence-corrected chi connectivity index (χ2v) is 3.03. The molecule has 2 N–H and O–H groups in total. The molecule has 0 unspecified atom stereocenters. The monoisotopic (exact) mass is 201 g/mol. The van der Waals surface area contributed by atoms with Crippen LogP contribution in [0.1, 0.15) is 12.7 Å². The standard InChI is InChI=1S/C10H11N5/c1-2-8-13-9(15-10(11)14-8)7-4-3-5-12-6-7/h3-6H,2H2,1H3,(H2,11,13,14,15). The third-order valence-corrected chi connectivity index (χ3v) is 1.93. The maximum Gasteiger partial charge on any atom is 0.223 e. The molecular weight excluding hydrogens is 190 g/mol. The highest BCUT2D eigenvalue weighted by Crippen LogP contribution is 2.13. The first kappa shape index (κ1) is 9.51. The highest BCUT2D eigenvalue weighted by molar-refractivity contribution is 5.53. The molecular formula is C10H11N5. The zero-order chi connectivity index (χ0) is 10.7. The quantitative estimate of drug-likeness (QED) is 0.786. The van der Waals surface area contributed by atoms with E-state index in [1.165, 1.54) is 0 Å². The van der Waals surface area contributed by atoms with E-state index in [1.54, 1.807) is 12.4 Å². The van der Waals surface area contributed by atoms with Crippen LogP contribution in [-0.4, -0.2) is 19.9 Å². The molecule has 0 aromatic carbocycles. The average Bonchev–Trinajstić information content (AvgIpc) is 2.29. The Kier molecular flexibility index (Phi) is 2.53. The van der Waals surface area contributed by atoms with Crippen molar-refractivity contribution in [2.45, 2.75) is 13.3 Å². The molecule has 5 heteroatoms. The number of rotatable bonds is 2. The van der Waals surface area contributed by atoms with E-state index in [0.29, 0.717) is 11.6 Å². The topological polar surface area (TPSA) is 77.6 Å². The summed E-state index contributed by atoms with van der Waals surface area (Å²) in [6.45, 7) is 1.97. The minimum absolute atomic E-state index is 0.251. The van der Waals surface area contributed by atoms with Gasteiger partial charge in [-0.15, -0.1) is 0 Å². The second-order valence-electron chi connectivity index (χ2n) is 3.03. The lowest BCUT2D eigenvalue weighted by Crippen LogP contribution is -2.04. The van der Waals surface area contributed by atoms with Crippen LogP contribution in [-0.2, 0) is 6.42 Å². The third-order valence-electron chi connectivity index (χ3n) is 1.93. The summed E-state index contributed by atoms with van der Waals surface area (Å²) in [5.74, 6) is 1.52. The normalized spacial score (nSPS) is 10.2. The number of aryl methyl sites for hydroxylation is 1. The van der Waals surface area contributed by atoms with Crippen molar-refractivity contribution >= 4 is 5.95 Å². The molecule has 0 aliphatic carbocycles. The minimum atomic E-state index is 0.251. The first-order chi connectivity index (χ1) is 7.29. The Morgan fingerprint density at radius 1 is 1.27 bits per heavy atom. The summed E-state index contributed by atoms with van der Waals surface area (Å²) in [6.07, 6.45) is 4.14.